The highest BCUT2D eigenvalue weighted by atomic mass is 32.2. The molecule has 0 atom stereocenters. The first kappa shape index (κ1) is 19.4. The summed E-state index contributed by atoms with van der Waals surface area (Å²) in [5.41, 5.74) is 2.83. The summed E-state index contributed by atoms with van der Waals surface area (Å²) in [6.45, 7) is 4.07. The normalized spacial score (nSPS) is 15.9. The number of hydrogen-bond donors (Lipinski definition) is 0. The lowest BCUT2D eigenvalue weighted by atomic mass is 10.2. The van der Waals surface area contributed by atoms with Gasteiger partial charge in [0.2, 0.25) is 10.0 Å². The zero-order valence-corrected chi connectivity index (χ0v) is 17.5. The standard InChI is InChI=1S/C20H24N4O2S2/c1-2-24-19-9-8-17(28(25,26)23-11-4-3-5-12-23)13-18(19)22-20(24)27-15-16-7-6-10-21-14-16/h6-10,13-14H,2-5,11-12,15H2,1H3. The van der Waals surface area contributed by atoms with Gasteiger partial charge in [0, 0.05) is 37.8 Å². The number of hydrogen-bond acceptors (Lipinski definition) is 5. The van der Waals surface area contributed by atoms with Crippen LogP contribution >= 0.6 is 11.8 Å². The number of benzene rings is 1. The smallest absolute Gasteiger partial charge is 0.243 e. The number of imidazole rings is 1. The van der Waals surface area contributed by atoms with Crippen LogP contribution in [-0.4, -0.2) is 40.3 Å². The molecule has 1 saturated heterocycles. The van der Waals surface area contributed by atoms with Gasteiger partial charge >= 0.3 is 0 Å². The molecule has 0 spiro atoms. The van der Waals surface area contributed by atoms with E-state index >= 15 is 0 Å². The summed E-state index contributed by atoms with van der Waals surface area (Å²) in [6.07, 6.45) is 6.58. The number of piperidine rings is 1. The zero-order chi connectivity index (χ0) is 19.6. The Bertz CT molecular complexity index is 1060. The first-order valence-electron chi connectivity index (χ1n) is 9.62. The quantitative estimate of drug-likeness (QED) is 0.570. The van der Waals surface area contributed by atoms with Crippen molar-refractivity contribution in [1.29, 1.82) is 0 Å². The summed E-state index contributed by atoms with van der Waals surface area (Å²) in [4.78, 5) is 9.23. The lowest BCUT2D eigenvalue weighted by Gasteiger charge is -2.25. The van der Waals surface area contributed by atoms with E-state index in [4.69, 9.17) is 4.98 Å². The molecular weight excluding hydrogens is 392 g/mol. The summed E-state index contributed by atoms with van der Waals surface area (Å²) >= 11 is 1.64. The van der Waals surface area contributed by atoms with Crippen molar-refractivity contribution in [2.45, 2.75) is 48.5 Å². The monoisotopic (exact) mass is 416 g/mol. The van der Waals surface area contributed by atoms with Crippen LogP contribution < -0.4 is 0 Å². The van der Waals surface area contributed by atoms with E-state index in [1.165, 1.54) is 0 Å². The molecule has 2 aromatic heterocycles. The predicted octanol–water partition coefficient (Wildman–Crippen LogP) is 3.92. The number of fused-ring (bicyclic) bond motifs is 1. The summed E-state index contributed by atoms with van der Waals surface area (Å²) in [7, 11) is -3.45. The Kier molecular flexibility index (Phi) is 5.70. The highest BCUT2D eigenvalue weighted by Crippen LogP contribution is 2.29. The predicted molar refractivity (Wildman–Crippen MR) is 112 cm³/mol. The van der Waals surface area contributed by atoms with Gasteiger partial charge in [-0.25, -0.2) is 13.4 Å². The SMILES string of the molecule is CCn1c(SCc2cccnc2)nc2cc(S(=O)(=O)N3CCCCC3)ccc21. The fourth-order valence-corrected chi connectivity index (χ4v) is 6.10. The molecule has 148 valence electrons. The summed E-state index contributed by atoms with van der Waals surface area (Å²) < 4.78 is 29.7. The molecule has 0 amide bonds. The zero-order valence-electron chi connectivity index (χ0n) is 15.9. The lowest BCUT2D eigenvalue weighted by Crippen LogP contribution is -2.35. The van der Waals surface area contributed by atoms with Crippen molar-refractivity contribution in [2.75, 3.05) is 13.1 Å². The molecule has 4 rings (SSSR count). The molecular formula is C20H24N4O2S2. The van der Waals surface area contributed by atoms with E-state index in [-0.39, 0.29) is 0 Å². The maximum absolute atomic E-state index is 13.0. The largest absolute Gasteiger partial charge is 0.319 e. The third kappa shape index (κ3) is 3.81. The van der Waals surface area contributed by atoms with Gasteiger partial charge in [0.25, 0.3) is 0 Å². The highest BCUT2D eigenvalue weighted by Gasteiger charge is 2.26. The van der Waals surface area contributed by atoms with Crippen molar-refractivity contribution >= 4 is 32.8 Å². The van der Waals surface area contributed by atoms with Gasteiger partial charge in [0.15, 0.2) is 5.16 Å². The Hall–Kier alpha value is -1.90. The van der Waals surface area contributed by atoms with E-state index < -0.39 is 10.0 Å². The van der Waals surface area contributed by atoms with Crippen LogP contribution in [0.1, 0.15) is 31.7 Å². The maximum atomic E-state index is 13.0. The van der Waals surface area contributed by atoms with Gasteiger partial charge in [-0.05, 0) is 49.6 Å². The van der Waals surface area contributed by atoms with Crippen LogP contribution in [0.15, 0.2) is 52.8 Å². The van der Waals surface area contributed by atoms with Crippen LogP contribution in [0, 0.1) is 0 Å². The summed E-state index contributed by atoms with van der Waals surface area (Å²) in [6, 6.07) is 9.30. The molecule has 6 nitrogen and oxygen atoms in total. The molecule has 0 radical (unpaired) electrons. The molecule has 0 aliphatic carbocycles. The molecule has 3 heterocycles. The Labute approximate surface area is 170 Å². The summed E-state index contributed by atoms with van der Waals surface area (Å²) in [5.74, 6) is 0.774. The van der Waals surface area contributed by atoms with E-state index in [9.17, 15) is 8.42 Å². The molecule has 0 saturated carbocycles. The van der Waals surface area contributed by atoms with E-state index in [1.807, 2.05) is 24.4 Å². The number of pyridine rings is 1. The molecule has 1 aliphatic rings. The van der Waals surface area contributed by atoms with Crippen LogP contribution in [-0.2, 0) is 22.3 Å². The van der Waals surface area contributed by atoms with Gasteiger partial charge in [-0.15, -0.1) is 0 Å². The van der Waals surface area contributed by atoms with Crippen molar-refractivity contribution in [3.63, 3.8) is 0 Å². The second-order valence-electron chi connectivity index (χ2n) is 6.90. The molecule has 1 aromatic carbocycles. The van der Waals surface area contributed by atoms with Gasteiger partial charge in [-0.3, -0.25) is 4.98 Å². The van der Waals surface area contributed by atoms with Gasteiger partial charge in [-0.1, -0.05) is 24.2 Å². The molecule has 0 N–H and O–H groups in total. The number of sulfonamides is 1. The first-order valence-corrected chi connectivity index (χ1v) is 12.0. The van der Waals surface area contributed by atoms with Crippen molar-refractivity contribution in [3.8, 4) is 0 Å². The first-order chi connectivity index (χ1) is 13.6. The van der Waals surface area contributed by atoms with E-state index in [2.05, 4.69) is 16.5 Å². The van der Waals surface area contributed by atoms with E-state index in [0.717, 1.165) is 53.3 Å². The lowest BCUT2D eigenvalue weighted by molar-refractivity contribution is 0.346. The minimum Gasteiger partial charge on any atom is -0.319 e. The van der Waals surface area contributed by atoms with Crippen LogP contribution in [0.4, 0.5) is 0 Å². The third-order valence-electron chi connectivity index (χ3n) is 5.04. The Morgan fingerprint density at radius 1 is 1.14 bits per heavy atom. The molecule has 3 aromatic rings. The fraction of sp³-hybridized carbons (Fsp3) is 0.400. The third-order valence-corrected chi connectivity index (χ3v) is 7.99. The number of nitrogens with zero attached hydrogens (tertiary/aromatic N) is 4. The van der Waals surface area contributed by atoms with Gasteiger partial charge in [0.1, 0.15) is 0 Å². The van der Waals surface area contributed by atoms with Crippen LogP contribution in [0.3, 0.4) is 0 Å². The Morgan fingerprint density at radius 2 is 1.96 bits per heavy atom. The van der Waals surface area contributed by atoms with Gasteiger partial charge < -0.3 is 4.57 Å². The van der Waals surface area contributed by atoms with Gasteiger partial charge in [-0.2, -0.15) is 4.31 Å². The minimum absolute atomic E-state index is 0.339. The van der Waals surface area contributed by atoms with E-state index in [0.29, 0.717) is 18.0 Å². The number of aryl methyl sites for hydroxylation is 1. The average molecular weight is 417 g/mol. The molecule has 0 bridgehead atoms. The molecule has 1 aliphatic heterocycles. The van der Waals surface area contributed by atoms with Crippen molar-refractivity contribution in [1.82, 2.24) is 18.8 Å². The Balaban J connectivity index is 1.64. The van der Waals surface area contributed by atoms with Gasteiger partial charge in [0.05, 0.1) is 15.9 Å². The molecule has 28 heavy (non-hydrogen) atoms. The average Bonchev–Trinajstić information content (AvgIpc) is 3.10. The second kappa shape index (κ2) is 8.23. The van der Waals surface area contributed by atoms with Crippen LogP contribution in [0.5, 0.6) is 0 Å². The minimum atomic E-state index is -3.45. The topological polar surface area (TPSA) is 68.1 Å². The fourth-order valence-electron chi connectivity index (χ4n) is 3.55. The van der Waals surface area contributed by atoms with Crippen molar-refractivity contribution < 1.29 is 8.42 Å². The molecule has 1 fully saturated rings. The number of rotatable bonds is 6. The highest BCUT2D eigenvalue weighted by molar-refractivity contribution is 7.98. The van der Waals surface area contributed by atoms with Crippen molar-refractivity contribution in [2.24, 2.45) is 0 Å². The van der Waals surface area contributed by atoms with E-state index in [1.54, 1.807) is 34.4 Å². The Morgan fingerprint density at radius 3 is 2.68 bits per heavy atom. The summed E-state index contributed by atoms with van der Waals surface area (Å²) in [5, 5.41) is 0.897. The molecule has 0 unspecified atom stereocenters. The van der Waals surface area contributed by atoms with Crippen LogP contribution in [0.2, 0.25) is 0 Å². The van der Waals surface area contributed by atoms with Crippen molar-refractivity contribution in [3.05, 3.63) is 48.3 Å². The van der Waals surface area contributed by atoms with Crippen LogP contribution in [0.25, 0.3) is 11.0 Å². The molecule has 8 heteroatoms. The second-order valence-corrected chi connectivity index (χ2v) is 9.78. The number of thioether (sulfide) groups is 1. The maximum Gasteiger partial charge on any atom is 0.243 e. The number of aromatic nitrogens is 3.